The van der Waals surface area contributed by atoms with Crippen molar-refractivity contribution in [2.75, 3.05) is 0 Å². The Morgan fingerprint density at radius 3 is 2.39 bits per heavy atom. The van der Waals surface area contributed by atoms with E-state index in [1.807, 2.05) is 25.1 Å². The fourth-order valence-corrected chi connectivity index (χ4v) is 2.27. The standard InChI is InChI=1S/C14H12BrClFN/c1-8-6-9(2-4-12(8)16)14(18)10-3-5-13(17)11(15)7-10/h2-7,14H,18H2,1H3. The first-order valence-corrected chi connectivity index (χ1v) is 6.62. The molecule has 0 saturated carbocycles. The van der Waals surface area contributed by atoms with Crippen LogP contribution in [-0.4, -0.2) is 0 Å². The van der Waals surface area contributed by atoms with E-state index in [1.165, 1.54) is 6.07 Å². The molecule has 0 aromatic heterocycles. The number of aryl methyl sites for hydroxylation is 1. The molecule has 2 aromatic carbocycles. The van der Waals surface area contributed by atoms with Crippen molar-refractivity contribution in [1.82, 2.24) is 0 Å². The maximum Gasteiger partial charge on any atom is 0.137 e. The van der Waals surface area contributed by atoms with Gasteiger partial charge >= 0.3 is 0 Å². The molecule has 0 aliphatic heterocycles. The molecule has 1 atom stereocenters. The second-order valence-corrected chi connectivity index (χ2v) is 5.42. The van der Waals surface area contributed by atoms with Crippen molar-refractivity contribution in [2.24, 2.45) is 5.73 Å². The first-order valence-electron chi connectivity index (χ1n) is 5.45. The first-order chi connectivity index (χ1) is 8.49. The first kappa shape index (κ1) is 13.5. The summed E-state index contributed by atoms with van der Waals surface area (Å²) in [6.45, 7) is 1.93. The summed E-state index contributed by atoms with van der Waals surface area (Å²) in [6.07, 6.45) is 0. The molecule has 94 valence electrons. The summed E-state index contributed by atoms with van der Waals surface area (Å²) in [4.78, 5) is 0. The zero-order valence-electron chi connectivity index (χ0n) is 9.75. The Labute approximate surface area is 119 Å². The van der Waals surface area contributed by atoms with Crippen LogP contribution < -0.4 is 5.73 Å². The van der Waals surface area contributed by atoms with Gasteiger partial charge in [-0.3, -0.25) is 0 Å². The maximum atomic E-state index is 13.2. The van der Waals surface area contributed by atoms with E-state index >= 15 is 0 Å². The van der Waals surface area contributed by atoms with E-state index in [9.17, 15) is 4.39 Å². The van der Waals surface area contributed by atoms with Gasteiger partial charge < -0.3 is 5.73 Å². The van der Waals surface area contributed by atoms with Crippen LogP contribution in [0.15, 0.2) is 40.9 Å². The third kappa shape index (κ3) is 2.74. The highest BCUT2D eigenvalue weighted by atomic mass is 79.9. The lowest BCUT2D eigenvalue weighted by atomic mass is 9.98. The molecule has 1 nitrogen and oxygen atoms in total. The van der Waals surface area contributed by atoms with Crippen LogP contribution in [0.4, 0.5) is 4.39 Å². The largest absolute Gasteiger partial charge is 0.320 e. The summed E-state index contributed by atoms with van der Waals surface area (Å²) in [5.74, 6) is -0.293. The van der Waals surface area contributed by atoms with Gasteiger partial charge in [0.25, 0.3) is 0 Å². The van der Waals surface area contributed by atoms with Gasteiger partial charge in [0.05, 0.1) is 10.5 Å². The molecule has 0 heterocycles. The lowest BCUT2D eigenvalue weighted by Gasteiger charge is -2.14. The summed E-state index contributed by atoms with van der Waals surface area (Å²) in [5, 5.41) is 0.714. The highest BCUT2D eigenvalue weighted by Crippen LogP contribution is 2.26. The van der Waals surface area contributed by atoms with Gasteiger partial charge in [-0.2, -0.15) is 0 Å². The summed E-state index contributed by atoms with van der Waals surface area (Å²) >= 11 is 9.14. The molecule has 2 rings (SSSR count). The Hall–Kier alpha value is -0.900. The molecule has 2 aromatic rings. The second kappa shape index (κ2) is 5.39. The summed E-state index contributed by atoms with van der Waals surface area (Å²) in [7, 11) is 0. The predicted molar refractivity (Wildman–Crippen MR) is 76.3 cm³/mol. The minimum Gasteiger partial charge on any atom is -0.320 e. The summed E-state index contributed by atoms with van der Waals surface area (Å²) in [5.41, 5.74) is 8.95. The molecule has 1 unspecified atom stereocenters. The van der Waals surface area contributed by atoms with Gasteiger partial charge in [-0.1, -0.05) is 29.8 Å². The number of benzene rings is 2. The molecule has 0 saturated heterocycles. The number of halogens is 3. The fraction of sp³-hybridized carbons (Fsp3) is 0.143. The Bertz CT molecular complexity index is 535. The summed E-state index contributed by atoms with van der Waals surface area (Å²) < 4.78 is 13.6. The average molecular weight is 329 g/mol. The Morgan fingerprint density at radius 1 is 1.17 bits per heavy atom. The third-order valence-electron chi connectivity index (χ3n) is 2.84. The molecule has 4 heteroatoms. The molecule has 0 spiro atoms. The predicted octanol–water partition coefficient (Wildman–Crippen LogP) is 4.60. The highest BCUT2D eigenvalue weighted by Gasteiger charge is 2.11. The van der Waals surface area contributed by atoms with Crippen molar-refractivity contribution >= 4 is 27.5 Å². The van der Waals surface area contributed by atoms with Gasteiger partial charge in [-0.05, 0) is 57.7 Å². The molecule has 0 fully saturated rings. The normalized spacial score (nSPS) is 12.5. The van der Waals surface area contributed by atoms with E-state index in [0.717, 1.165) is 16.7 Å². The summed E-state index contributed by atoms with van der Waals surface area (Å²) in [6, 6.07) is 10.2. The zero-order chi connectivity index (χ0) is 13.3. The molecule has 0 amide bonds. The fourth-order valence-electron chi connectivity index (χ4n) is 1.76. The van der Waals surface area contributed by atoms with Crippen molar-refractivity contribution in [3.8, 4) is 0 Å². The maximum absolute atomic E-state index is 13.2. The van der Waals surface area contributed by atoms with Crippen LogP contribution in [0.1, 0.15) is 22.7 Å². The van der Waals surface area contributed by atoms with Gasteiger partial charge in [-0.15, -0.1) is 0 Å². The van der Waals surface area contributed by atoms with E-state index in [1.54, 1.807) is 12.1 Å². The zero-order valence-corrected chi connectivity index (χ0v) is 12.1. The van der Waals surface area contributed by atoms with Crippen LogP contribution in [0, 0.1) is 12.7 Å². The van der Waals surface area contributed by atoms with E-state index in [0.29, 0.717) is 9.50 Å². The van der Waals surface area contributed by atoms with E-state index in [4.69, 9.17) is 17.3 Å². The van der Waals surface area contributed by atoms with Crippen LogP contribution in [0.5, 0.6) is 0 Å². The molecular formula is C14H12BrClFN. The van der Waals surface area contributed by atoms with E-state index < -0.39 is 0 Å². The quantitative estimate of drug-likeness (QED) is 0.856. The Morgan fingerprint density at radius 2 is 1.78 bits per heavy atom. The second-order valence-electron chi connectivity index (χ2n) is 4.16. The highest BCUT2D eigenvalue weighted by molar-refractivity contribution is 9.10. The van der Waals surface area contributed by atoms with Gasteiger partial charge in [-0.25, -0.2) is 4.39 Å². The van der Waals surface area contributed by atoms with Crippen LogP contribution in [-0.2, 0) is 0 Å². The van der Waals surface area contributed by atoms with E-state index in [2.05, 4.69) is 15.9 Å². The molecular weight excluding hydrogens is 317 g/mol. The van der Waals surface area contributed by atoms with Crippen molar-refractivity contribution < 1.29 is 4.39 Å². The molecule has 0 aliphatic carbocycles. The van der Waals surface area contributed by atoms with Crippen LogP contribution in [0.3, 0.4) is 0 Å². The smallest absolute Gasteiger partial charge is 0.137 e. The van der Waals surface area contributed by atoms with Crippen molar-refractivity contribution in [1.29, 1.82) is 0 Å². The minimum atomic E-state index is -0.294. The van der Waals surface area contributed by atoms with Crippen LogP contribution >= 0.6 is 27.5 Å². The van der Waals surface area contributed by atoms with Gasteiger partial charge in [0.1, 0.15) is 5.82 Å². The Kier molecular flexibility index (Phi) is 4.05. The van der Waals surface area contributed by atoms with Crippen LogP contribution in [0.25, 0.3) is 0 Å². The number of hydrogen-bond acceptors (Lipinski definition) is 1. The lowest BCUT2D eigenvalue weighted by Crippen LogP contribution is -2.12. The van der Waals surface area contributed by atoms with Gasteiger partial charge in [0, 0.05) is 5.02 Å². The molecule has 0 aliphatic rings. The average Bonchev–Trinajstić information content (AvgIpc) is 2.35. The van der Waals surface area contributed by atoms with E-state index in [-0.39, 0.29) is 11.9 Å². The topological polar surface area (TPSA) is 26.0 Å². The molecule has 18 heavy (non-hydrogen) atoms. The van der Waals surface area contributed by atoms with Gasteiger partial charge in [0.2, 0.25) is 0 Å². The number of hydrogen-bond donors (Lipinski definition) is 1. The molecule has 2 N–H and O–H groups in total. The molecule has 0 bridgehead atoms. The number of nitrogens with two attached hydrogens (primary N) is 1. The van der Waals surface area contributed by atoms with Crippen molar-refractivity contribution in [3.63, 3.8) is 0 Å². The van der Waals surface area contributed by atoms with Gasteiger partial charge in [0.15, 0.2) is 0 Å². The third-order valence-corrected chi connectivity index (χ3v) is 3.88. The minimum absolute atomic E-state index is 0.293. The van der Waals surface area contributed by atoms with Crippen molar-refractivity contribution in [2.45, 2.75) is 13.0 Å². The monoisotopic (exact) mass is 327 g/mol. The SMILES string of the molecule is Cc1cc(C(N)c2ccc(F)c(Br)c2)ccc1Cl. The number of rotatable bonds is 2. The van der Waals surface area contributed by atoms with Crippen LogP contribution in [0.2, 0.25) is 5.02 Å². The lowest BCUT2D eigenvalue weighted by molar-refractivity contribution is 0.619. The van der Waals surface area contributed by atoms with Crippen molar-refractivity contribution in [3.05, 3.63) is 68.4 Å². The molecule has 0 radical (unpaired) electrons. The Balaban J connectivity index is 2.37.